The van der Waals surface area contributed by atoms with Gasteiger partial charge < -0.3 is 14.8 Å². The fraction of sp³-hybridized carbons (Fsp3) is 0.281. The maximum atomic E-state index is 14.0. The minimum Gasteiger partial charge on any atom is -0.454 e. The number of hydrogen-bond donors (Lipinski definition) is 1. The van der Waals surface area contributed by atoms with Gasteiger partial charge in [0.05, 0.1) is 22.4 Å². The van der Waals surface area contributed by atoms with Crippen LogP contribution in [0, 0.1) is 11.6 Å². The molecule has 0 radical (unpaired) electrons. The standard InChI is InChI=1S/C32H30F2N4O4S/c1-32(2,3)30-28-29(20-6-13-24-25(14-20)42-18-41-24)43-17-27(40)37(16-26(39)35-15-19-4-7-21(33)8-5-19)31(28)38(36-30)23-11-9-22(34)10-12-23/h4-14,29H,15-18H2,1-3H3,(H,35,39). The summed E-state index contributed by atoms with van der Waals surface area (Å²) in [5.74, 6) is 0.398. The van der Waals surface area contributed by atoms with Crippen molar-refractivity contribution in [1.82, 2.24) is 15.1 Å². The van der Waals surface area contributed by atoms with Crippen LogP contribution < -0.4 is 19.7 Å². The lowest BCUT2D eigenvalue weighted by molar-refractivity contribution is -0.123. The third-order valence-corrected chi connectivity index (χ3v) is 8.53. The molecule has 3 aromatic carbocycles. The normalized spacial score (nSPS) is 16.2. The fourth-order valence-corrected chi connectivity index (χ4v) is 6.37. The van der Waals surface area contributed by atoms with Crippen molar-refractivity contribution < 1.29 is 27.8 Å². The predicted octanol–water partition coefficient (Wildman–Crippen LogP) is 5.66. The van der Waals surface area contributed by atoms with Gasteiger partial charge in [0.25, 0.3) is 0 Å². The Kier molecular flexibility index (Phi) is 7.59. The van der Waals surface area contributed by atoms with E-state index in [0.717, 1.165) is 22.4 Å². The van der Waals surface area contributed by atoms with Gasteiger partial charge >= 0.3 is 0 Å². The summed E-state index contributed by atoms with van der Waals surface area (Å²) in [5, 5.41) is 7.52. The maximum absolute atomic E-state index is 14.0. The highest BCUT2D eigenvalue weighted by Crippen LogP contribution is 2.49. The van der Waals surface area contributed by atoms with Crippen LogP contribution in [0.25, 0.3) is 5.69 Å². The number of amides is 2. The molecule has 2 aliphatic rings. The fourth-order valence-electron chi connectivity index (χ4n) is 5.18. The summed E-state index contributed by atoms with van der Waals surface area (Å²) >= 11 is 1.45. The molecule has 1 unspecified atom stereocenters. The second kappa shape index (κ2) is 11.4. The molecule has 4 aromatic rings. The third-order valence-electron chi connectivity index (χ3n) is 7.27. The Bertz CT molecular complexity index is 1680. The Labute approximate surface area is 252 Å². The number of nitrogens with one attached hydrogen (secondary N) is 1. The van der Waals surface area contributed by atoms with E-state index in [1.165, 1.54) is 40.9 Å². The van der Waals surface area contributed by atoms with Crippen molar-refractivity contribution in [1.29, 1.82) is 0 Å². The minimum atomic E-state index is -0.450. The van der Waals surface area contributed by atoms with Crippen molar-refractivity contribution in [2.24, 2.45) is 0 Å². The first-order chi connectivity index (χ1) is 20.6. The molecular weight excluding hydrogens is 574 g/mol. The van der Waals surface area contributed by atoms with E-state index in [-0.39, 0.29) is 48.5 Å². The van der Waals surface area contributed by atoms with Crippen LogP contribution in [0.3, 0.4) is 0 Å². The second-order valence-electron chi connectivity index (χ2n) is 11.4. The van der Waals surface area contributed by atoms with Crippen molar-refractivity contribution in [3.8, 4) is 17.2 Å². The number of halogens is 2. The molecule has 0 saturated carbocycles. The Morgan fingerprint density at radius 1 is 1.00 bits per heavy atom. The number of nitrogens with zero attached hydrogens (tertiary/aromatic N) is 3. The van der Waals surface area contributed by atoms with E-state index < -0.39 is 11.2 Å². The van der Waals surface area contributed by atoms with Crippen LogP contribution in [0.4, 0.5) is 14.6 Å². The molecule has 2 aliphatic heterocycles. The lowest BCUT2D eigenvalue weighted by Crippen LogP contribution is -2.42. The van der Waals surface area contributed by atoms with Crippen LogP contribution in [0.5, 0.6) is 11.5 Å². The number of aromatic nitrogens is 2. The number of carbonyl (C=O) groups is 2. The minimum absolute atomic E-state index is 0.103. The quantitative estimate of drug-likeness (QED) is 0.306. The highest BCUT2D eigenvalue weighted by Gasteiger charge is 2.40. The van der Waals surface area contributed by atoms with Gasteiger partial charge in [0.15, 0.2) is 11.5 Å². The van der Waals surface area contributed by atoms with Crippen molar-refractivity contribution >= 4 is 29.4 Å². The van der Waals surface area contributed by atoms with E-state index in [1.807, 2.05) is 39.0 Å². The first kappa shape index (κ1) is 28.7. The summed E-state index contributed by atoms with van der Waals surface area (Å²) in [5.41, 5.74) is 3.26. The van der Waals surface area contributed by atoms with Crippen molar-refractivity contribution in [3.63, 3.8) is 0 Å². The molecule has 1 aromatic heterocycles. The van der Waals surface area contributed by atoms with E-state index in [4.69, 9.17) is 14.6 Å². The monoisotopic (exact) mass is 604 g/mol. The molecule has 8 nitrogen and oxygen atoms in total. The van der Waals surface area contributed by atoms with Gasteiger partial charge in [0.1, 0.15) is 24.0 Å². The number of ether oxygens (including phenoxy) is 2. The molecule has 0 bridgehead atoms. The van der Waals surface area contributed by atoms with Crippen molar-refractivity contribution in [2.45, 2.75) is 38.0 Å². The Hall–Kier alpha value is -4.38. The van der Waals surface area contributed by atoms with Gasteiger partial charge in [-0.05, 0) is 59.7 Å². The molecule has 1 atom stereocenters. The van der Waals surface area contributed by atoms with Gasteiger partial charge in [-0.2, -0.15) is 5.10 Å². The molecule has 2 amide bonds. The Morgan fingerprint density at radius 2 is 1.67 bits per heavy atom. The number of thioether (sulfide) groups is 1. The maximum Gasteiger partial charge on any atom is 0.240 e. The molecule has 11 heteroatoms. The number of hydrogen-bond acceptors (Lipinski definition) is 6. The SMILES string of the molecule is CC(C)(C)c1nn(-c2ccc(F)cc2)c2c1C(c1ccc3c(c1)OCO3)SCC(=O)N2CC(=O)NCc1ccc(F)cc1. The Balaban J connectivity index is 1.46. The topological polar surface area (TPSA) is 85.7 Å². The van der Waals surface area contributed by atoms with Crippen LogP contribution in [-0.2, 0) is 21.5 Å². The van der Waals surface area contributed by atoms with Gasteiger partial charge in [-0.15, -0.1) is 11.8 Å². The average Bonchev–Trinajstić information content (AvgIpc) is 3.58. The highest BCUT2D eigenvalue weighted by molar-refractivity contribution is 8.00. The van der Waals surface area contributed by atoms with Crippen molar-refractivity contribution in [2.75, 3.05) is 24.0 Å². The molecule has 1 N–H and O–H groups in total. The molecule has 222 valence electrons. The van der Waals surface area contributed by atoms with E-state index in [0.29, 0.717) is 23.0 Å². The molecule has 0 aliphatic carbocycles. The third kappa shape index (κ3) is 5.81. The van der Waals surface area contributed by atoms with E-state index in [9.17, 15) is 18.4 Å². The Morgan fingerprint density at radius 3 is 2.37 bits per heavy atom. The van der Waals surface area contributed by atoms with Crippen LogP contribution in [0.2, 0.25) is 0 Å². The number of anilines is 1. The predicted molar refractivity (Wildman–Crippen MR) is 160 cm³/mol. The zero-order valence-corrected chi connectivity index (χ0v) is 24.7. The first-order valence-electron chi connectivity index (χ1n) is 13.8. The van der Waals surface area contributed by atoms with Gasteiger partial charge in [0.2, 0.25) is 18.6 Å². The average molecular weight is 605 g/mol. The van der Waals surface area contributed by atoms with Crippen molar-refractivity contribution in [3.05, 3.63) is 101 Å². The van der Waals surface area contributed by atoms with Crippen LogP contribution in [0.1, 0.15) is 48.4 Å². The first-order valence-corrected chi connectivity index (χ1v) is 14.9. The molecule has 6 rings (SSSR count). The number of fused-ring (bicyclic) bond motifs is 2. The van der Waals surface area contributed by atoms with Crippen LogP contribution >= 0.6 is 11.8 Å². The van der Waals surface area contributed by atoms with E-state index in [1.54, 1.807) is 28.9 Å². The number of rotatable bonds is 6. The lowest BCUT2D eigenvalue weighted by atomic mass is 9.87. The molecule has 0 saturated heterocycles. The summed E-state index contributed by atoms with van der Waals surface area (Å²) in [6.07, 6.45) is 0. The summed E-state index contributed by atoms with van der Waals surface area (Å²) < 4.78 is 40.1. The molecule has 43 heavy (non-hydrogen) atoms. The summed E-state index contributed by atoms with van der Waals surface area (Å²) in [7, 11) is 0. The lowest BCUT2D eigenvalue weighted by Gasteiger charge is -2.24. The molecule has 0 fully saturated rings. The number of carbonyl (C=O) groups excluding carboxylic acids is 2. The zero-order valence-electron chi connectivity index (χ0n) is 23.9. The molecule has 0 spiro atoms. The molecular formula is C32H30F2N4O4S. The largest absolute Gasteiger partial charge is 0.454 e. The van der Waals surface area contributed by atoms with Gasteiger partial charge in [-0.3, -0.25) is 14.5 Å². The summed E-state index contributed by atoms with van der Waals surface area (Å²) in [6, 6.07) is 17.4. The summed E-state index contributed by atoms with van der Waals surface area (Å²) in [4.78, 5) is 28.6. The smallest absolute Gasteiger partial charge is 0.240 e. The van der Waals surface area contributed by atoms with Crippen LogP contribution in [0.15, 0.2) is 66.7 Å². The highest BCUT2D eigenvalue weighted by atomic mass is 32.2. The second-order valence-corrected chi connectivity index (χ2v) is 12.5. The molecule has 3 heterocycles. The van der Waals surface area contributed by atoms with E-state index in [2.05, 4.69) is 5.32 Å². The van der Waals surface area contributed by atoms with Gasteiger partial charge in [-0.25, -0.2) is 13.5 Å². The van der Waals surface area contributed by atoms with Gasteiger partial charge in [0, 0.05) is 17.5 Å². The summed E-state index contributed by atoms with van der Waals surface area (Å²) in [6.45, 7) is 6.16. The zero-order chi connectivity index (χ0) is 30.3. The van der Waals surface area contributed by atoms with Crippen LogP contribution in [-0.4, -0.2) is 40.7 Å². The van der Waals surface area contributed by atoms with E-state index >= 15 is 0 Å². The number of benzene rings is 3. The van der Waals surface area contributed by atoms with Gasteiger partial charge in [-0.1, -0.05) is 39.0 Å².